The van der Waals surface area contributed by atoms with E-state index in [2.05, 4.69) is 25.6 Å². The smallest absolute Gasteiger partial charge is 0.270 e. The molecule has 0 saturated carbocycles. The first-order valence-electron chi connectivity index (χ1n) is 9.81. The van der Waals surface area contributed by atoms with E-state index in [-0.39, 0.29) is 17.2 Å². The number of hydrogen-bond acceptors (Lipinski definition) is 7. The van der Waals surface area contributed by atoms with E-state index in [1.165, 1.54) is 0 Å². The van der Waals surface area contributed by atoms with Gasteiger partial charge in [0.2, 0.25) is 5.95 Å². The Kier molecular flexibility index (Phi) is 6.48. The van der Waals surface area contributed by atoms with Crippen molar-refractivity contribution in [2.45, 2.75) is 6.54 Å². The predicted octanol–water partition coefficient (Wildman–Crippen LogP) is 3.66. The van der Waals surface area contributed by atoms with Gasteiger partial charge >= 0.3 is 0 Å². The van der Waals surface area contributed by atoms with Crippen LogP contribution in [-0.2, 0) is 6.54 Å². The number of hydrogen-bond donors (Lipinski definition) is 2. The number of benzene rings is 2. The van der Waals surface area contributed by atoms with Gasteiger partial charge in [0, 0.05) is 17.3 Å². The summed E-state index contributed by atoms with van der Waals surface area (Å²) in [5.74, 6) is 0.825. The maximum Gasteiger partial charge on any atom is 0.270 e. The maximum absolute atomic E-state index is 12.3. The lowest BCUT2D eigenvalue weighted by Crippen LogP contribution is -2.16. The molecule has 2 aromatic heterocycles. The molecular weight excluding hydrogens is 442 g/mol. The van der Waals surface area contributed by atoms with Crippen molar-refractivity contribution in [3.05, 3.63) is 93.0 Å². The zero-order valence-electron chi connectivity index (χ0n) is 17.5. The molecule has 2 aromatic carbocycles. The van der Waals surface area contributed by atoms with Gasteiger partial charge in [0.1, 0.15) is 17.4 Å². The monoisotopic (exact) mass is 459 g/mol. The first-order chi connectivity index (χ1) is 16.1. The van der Waals surface area contributed by atoms with E-state index in [1.807, 2.05) is 42.5 Å². The standard InChI is InChI=1S/C23H18ClN7O2/c1-33-20-8-7-15(9-17(20)13-31-14-18(24)12-27-31)11-26-30-23-28-21(16-5-3-2-4-6-16)19(10-25)22(32)29-23/h2-9,11-12,14H,13H2,1H3,(H2,28,29,30,32). The highest BCUT2D eigenvalue weighted by Crippen LogP contribution is 2.21. The molecule has 0 atom stereocenters. The molecule has 2 heterocycles. The fraction of sp³-hybridized carbons (Fsp3) is 0.0870. The molecule has 2 N–H and O–H groups in total. The molecule has 4 rings (SSSR count). The van der Waals surface area contributed by atoms with E-state index < -0.39 is 5.56 Å². The summed E-state index contributed by atoms with van der Waals surface area (Å²) in [6.07, 6.45) is 4.87. The third kappa shape index (κ3) is 5.08. The Hall–Kier alpha value is -4.42. The van der Waals surface area contributed by atoms with Crippen LogP contribution in [0.15, 0.2) is 70.8 Å². The number of nitriles is 1. The first-order valence-corrected chi connectivity index (χ1v) is 10.2. The van der Waals surface area contributed by atoms with E-state index in [4.69, 9.17) is 16.3 Å². The van der Waals surface area contributed by atoms with Crippen molar-refractivity contribution in [1.82, 2.24) is 19.7 Å². The summed E-state index contributed by atoms with van der Waals surface area (Å²) in [4.78, 5) is 19.2. The van der Waals surface area contributed by atoms with Crippen LogP contribution in [0.1, 0.15) is 16.7 Å². The highest BCUT2D eigenvalue weighted by atomic mass is 35.5. The molecule has 0 bridgehead atoms. The Bertz CT molecular complexity index is 1400. The van der Waals surface area contributed by atoms with Crippen LogP contribution in [0, 0.1) is 11.3 Å². The molecule has 33 heavy (non-hydrogen) atoms. The Balaban J connectivity index is 1.57. The van der Waals surface area contributed by atoms with Gasteiger partial charge in [-0.3, -0.25) is 14.5 Å². The zero-order valence-corrected chi connectivity index (χ0v) is 18.2. The predicted molar refractivity (Wildman–Crippen MR) is 126 cm³/mol. The van der Waals surface area contributed by atoms with Gasteiger partial charge in [-0.25, -0.2) is 10.4 Å². The number of anilines is 1. The number of rotatable bonds is 7. The molecule has 0 aliphatic carbocycles. The molecule has 0 radical (unpaired) electrons. The molecular formula is C23H18ClN7O2. The van der Waals surface area contributed by atoms with Gasteiger partial charge in [-0.1, -0.05) is 41.9 Å². The van der Waals surface area contributed by atoms with Gasteiger partial charge < -0.3 is 4.74 Å². The SMILES string of the molecule is COc1ccc(C=NNc2nc(-c3ccccc3)c(C#N)c(=O)[nH]2)cc1Cn1cc(Cl)cn1. The topological polar surface area (TPSA) is 121 Å². The number of nitrogens with one attached hydrogen (secondary N) is 2. The quantitative estimate of drug-likeness (QED) is 0.321. The van der Waals surface area contributed by atoms with E-state index in [9.17, 15) is 10.1 Å². The zero-order chi connectivity index (χ0) is 23.2. The Morgan fingerprint density at radius 3 is 2.82 bits per heavy atom. The van der Waals surface area contributed by atoms with Crippen LogP contribution in [0.2, 0.25) is 5.02 Å². The average molecular weight is 460 g/mol. The van der Waals surface area contributed by atoms with Crippen molar-refractivity contribution < 1.29 is 4.74 Å². The van der Waals surface area contributed by atoms with Crippen molar-refractivity contribution >= 4 is 23.8 Å². The fourth-order valence-corrected chi connectivity index (χ4v) is 3.36. The van der Waals surface area contributed by atoms with Crippen LogP contribution in [0.5, 0.6) is 5.75 Å². The van der Waals surface area contributed by atoms with Crippen LogP contribution in [0.25, 0.3) is 11.3 Å². The first kappa shape index (κ1) is 21.8. The summed E-state index contributed by atoms with van der Waals surface area (Å²) in [5.41, 5.74) is 4.73. The summed E-state index contributed by atoms with van der Waals surface area (Å²) in [7, 11) is 1.60. The number of methoxy groups -OCH3 is 1. The second kappa shape index (κ2) is 9.80. The second-order valence-electron chi connectivity index (χ2n) is 6.91. The number of ether oxygens (including phenoxy) is 1. The summed E-state index contributed by atoms with van der Waals surface area (Å²) >= 11 is 5.95. The Morgan fingerprint density at radius 1 is 1.30 bits per heavy atom. The Labute approximate surface area is 193 Å². The van der Waals surface area contributed by atoms with Gasteiger partial charge in [0.15, 0.2) is 0 Å². The minimum Gasteiger partial charge on any atom is -0.496 e. The van der Waals surface area contributed by atoms with Gasteiger partial charge in [-0.05, 0) is 23.8 Å². The summed E-state index contributed by atoms with van der Waals surface area (Å²) < 4.78 is 7.14. The average Bonchev–Trinajstić information content (AvgIpc) is 3.24. The lowest BCUT2D eigenvalue weighted by molar-refractivity contribution is 0.407. The molecule has 10 heteroatoms. The number of H-pyrrole nitrogens is 1. The lowest BCUT2D eigenvalue weighted by atomic mass is 10.1. The van der Waals surface area contributed by atoms with Gasteiger partial charge in [0.05, 0.1) is 36.8 Å². The van der Waals surface area contributed by atoms with Crippen molar-refractivity contribution in [3.63, 3.8) is 0 Å². The van der Waals surface area contributed by atoms with Crippen LogP contribution in [-0.4, -0.2) is 33.1 Å². The van der Waals surface area contributed by atoms with Crippen LogP contribution in [0.3, 0.4) is 0 Å². The van der Waals surface area contributed by atoms with E-state index >= 15 is 0 Å². The molecule has 4 aromatic rings. The van der Waals surface area contributed by atoms with Gasteiger partial charge in [-0.2, -0.15) is 15.5 Å². The van der Waals surface area contributed by atoms with Crippen LogP contribution < -0.4 is 15.7 Å². The van der Waals surface area contributed by atoms with E-state index in [1.54, 1.807) is 42.5 Å². The summed E-state index contributed by atoms with van der Waals surface area (Å²) in [6, 6.07) is 16.5. The fourth-order valence-electron chi connectivity index (χ4n) is 3.20. The normalized spacial score (nSPS) is 10.8. The summed E-state index contributed by atoms with van der Waals surface area (Å²) in [5, 5.41) is 18.3. The molecule has 0 saturated heterocycles. The molecule has 164 valence electrons. The van der Waals surface area contributed by atoms with Crippen LogP contribution >= 0.6 is 11.6 Å². The highest BCUT2D eigenvalue weighted by Gasteiger charge is 2.13. The molecule has 0 aliphatic heterocycles. The molecule has 0 amide bonds. The summed E-state index contributed by atoms with van der Waals surface area (Å²) in [6.45, 7) is 0.468. The van der Waals surface area contributed by atoms with E-state index in [0.717, 1.165) is 11.1 Å². The molecule has 0 spiro atoms. The van der Waals surface area contributed by atoms with E-state index in [0.29, 0.717) is 22.9 Å². The minimum atomic E-state index is -0.548. The van der Waals surface area contributed by atoms with Crippen molar-refractivity contribution in [2.24, 2.45) is 5.10 Å². The van der Waals surface area contributed by atoms with Gasteiger partial charge in [-0.15, -0.1) is 0 Å². The molecule has 0 aliphatic rings. The number of nitrogens with zero attached hydrogens (tertiary/aromatic N) is 5. The third-order valence-corrected chi connectivity index (χ3v) is 4.90. The van der Waals surface area contributed by atoms with Crippen molar-refractivity contribution in [1.29, 1.82) is 5.26 Å². The number of halogens is 1. The lowest BCUT2D eigenvalue weighted by Gasteiger charge is -2.09. The molecule has 0 unspecified atom stereocenters. The maximum atomic E-state index is 12.3. The number of aromatic nitrogens is 4. The highest BCUT2D eigenvalue weighted by molar-refractivity contribution is 6.30. The minimum absolute atomic E-state index is 0.0609. The molecule has 9 nitrogen and oxygen atoms in total. The third-order valence-electron chi connectivity index (χ3n) is 4.70. The largest absolute Gasteiger partial charge is 0.496 e. The van der Waals surface area contributed by atoms with Gasteiger partial charge in [0.25, 0.3) is 5.56 Å². The molecule has 0 fully saturated rings. The second-order valence-corrected chi connectivity index (χ2v) is 7.35. The van der Waals surface area contributed by atoms with Crippen molar-refractivity contribution in [2.75, 3.05) is 12.5 Å². The van der Waals surface area contributed by atoms with Crippen LogP contribution in [0.4, 0.5) is 5.95 Å². The Morgan fingerprint density at radius 2 is 2.12 bits per heavy atom. The van der Waals surface area contributed by atoms with Crippen molar-refractivity contribution in [3.8, 4) is 23.1 Å². The number of hydrazone groups is 1. The number of aromatic amines is 1.